The molecule has 4 unspecified atom stereocenters. The molecule has 0 aliphatic heterocycles. The lowest BCUT2D eigenvalue weighted by Crippen LogP contribution is -2.58. The summed E-state index contributed by atoms with van der Waals surface area (Å²) in [5.41, 5.74) is 10.5. The molecule has 14 heteroatoms. The maximum atomic E-state index is 12.5. The molecule has 0 saturated carbocycles. The van der Waals surface area contributed by atoms with Crippen molar-refractivity contribution in [3.05, 3.63) is 0 Å². The summed E-state index contributed by atoms with van der Waals surface area (Å²) < 4.78 is 0. The number of rotatable bonds is 15. The van der Waals surface area contributed by atoms with Gasteiger partial charge in [-0.25, -0.2) is 4.79 Å². The Balaban J connectivity index is 5.32. The third kappa shape index (κ3) is 11.2. The summed E-state index contributed by atoms with van der Waals surface area (Å²) in [6, 6.07) is -5.69. The molecule has 4 atom stereocenters. The second kappa shape index (κ2) is 13.9. The van der Waals surface area contributed by atoms with E-state index in [0.717, 1.165) is 0 Å². The lowest BCUT2D eigenvalue weighted by molar-refractivity contribution is -0.143. The van der Waals surface area contributed by atoms with Gasteiger partial charge in [0, 0.05) is 6.42 Å². The SMILES string of the molecule is CC(C)CC(NC(=O)C(CO)NC(=O)C(CCC(=O)O)NC(=O)C(N)CC(N)=O)C(=O)O. The van der Waals surface area contributed by atoms with Gasteiger partial charge in [-0.05, 0) is 18.8 Å². The van der Waals surface area contributed by atoms with Crippen LogP contribution in [0.2, 0.25) is 0 Å². The maximum absolute atomic E-state index is 12.5. The van der Waals surface area contributed by atoms with Crippen LogP contribution in [0.4, 0.5) is 0 Å². The summed E-state index contributed by atoms with van der Waals surface area (Å²) in [5, 5.41) is 34.1. The molecule has 0 fully saturated rings. The molecule has 0 radical (unpaired) electrons. The number of amides is 4. The summed E-state index contributed by atoms with van der Waals surface area (Å²) in [4.78, 5) is 70.1. The highest BCUT2D eigenvalue weighted by atomic mass is 16.4. The molecular weight excluding hydrogens is 430 g/mol. The lowest BCUT2D eigenvalue weighted by atomic mass is 10.0. The predicted octanol–water partition coefficient (Wildman–Crippen LogP) is -3.37. The van der Waals surface area contributed by atoms with E-state index < -0.39 is 79.2 Å². The summed E-state index contributed by atoms with van der Waals surface area (Å²) >= 11 is 0. The average Bonchev–Trinajstić information content (AvgIpc) is 2.66. The minimum absolute atomic E-state index is 0.0706. The largest absolute Gasteiger partial charge is 0.481 e. The molecule has 0 aromatic rings. The number of carboxylic acids is 2. The summed E-state index contributed by atoms with van der Waals surface area (Å²) in [7, 11) is 0. The standard InChI is InChI=1S/C18H31N5O9/c1-8(2)5-11(18(31)32)22-17(30)12(7-24)23-16(29)10(3-4-14(26)27)21-15(28)9(19)6-13(20)25/h8-12,24H,3-7,19H2,1-2H3,(H2,20,25)(H,21,28)(H,22,30)(H,23,29)(H,26,27)(H,31,32). The topological polar surface area (TPSA) is 251 Å². The van der Waals surface area contributed by atoms with Crippen LogP contribution < -0.4 is 27.4 Å². The molecule has 0 aromatic heterocycles. The number of aliphatic carboxylic acids is 2. The molecule has 32 heavy (non-hydrogen) atoms. The van der Waals surface area contributed by atoms with Crippen LogP contribution >= 0.6 is 0 Å². The monoisotopic (exact) mass is 461 g/mol. The van der Waals surface area contributed by atoms with Gasteiger partial charge in [0.1, 0.15) is 18.1 Å². The zero-order valence-electron chi connectivity index (χ0n) is 17.9. The molecule has 0 heterocycles. The molecule has 14 nitrogen and oxygen atoms in total. The van der Waals surface area contributed by atoms with Gasteiger partial charge in [-0.15, -0.1) is 0 Å². The van der Waals surface area contributed by atoms with Crippen LogP contribution in [-0.4, -0.2) is 81.7 Å². The number of hydrogen-bond acceptors (Lipinski definition) is 8. The summed E-state index contributed by atoms with van der Waals surface area (Å²) in [5.74, 6) is -6.47. The summed E-state index contributed by atoms with van der Waals surface area (Å²) in [6.07, 6.45) is -1.34. The smallest absolute Gasteiger partial charge is 0.326 e. The molecule has 0 spiro atoms. The van der Waals surface area contributed by atoms with Crippen LogP contribution in [0.25, 0.3) is 0 Å². The van der Waals surface area contributed by atoms with Crippen molar-refractivity contribution in [1.82, 2.24) is 16.0 Å². The highest BCUT2D eigenvalue weighted by molar-refractivity contribution is 5.95. The maximum Gasteiger partial charge on any atom is 0.326 e. The molecular formula is C18H31N5O9. The van der Waals surface area contributed by atoms with Crippen LogP contribution in [0.15, 0.2) is 0 Å². The first-order valence-electron chi connectivity index (χ1n) is 9.78. The van der Waals surface area contributed by atoms with E-state index >= 15 is 0 Å². The first-order chi connectivity index (χ1) is 14.8. The average molecular weight is 461 g/mol. The van der Waals surface area contributed by atoms with E-state index in [1.54, 1.807) is 13.8 Å². The molecule has 0 aromatic carbocycles. The number of aliphatic hydroxyl groups is 1. The van der Waals surface area contributed by atoms with Gasteiger partial charge < -0.3 is 42.7 Å². The van der Waals surface area contributed by atoms with Crippen molar-refractivity contribution < 1.29 is 44.1 Å². The Bertz CT molecular complexity index is 713. The van der Waals surface area contributed by atoms with Crippen molar-refractivity contribution in [3.63, 3.8) is 0 Å². The molecule has 0 aliphatic carbocycles. The van der Waals surface area contributed by atoms with Crippen LogP contribution in [0, 0.1) is 5.92 Å². The number of nitrogens with one attached hydrogen (secondary N) is 3. The van der Waals surface area contributed by atoms with Crippen LogP contribution in [0.5, 0.6) is 0 Å². The number of hydrogen-bond donors (Lipinski definition) is 8. The Morgan fingerprint density at radius 2 is 1.34 bits per heavy atom. The minimum Gasteiger partial charge on any atom is -0.481 e. The lowest BCUT2D eigenvalue weighted by Gasteiger charge is -2.24. The van der Waals surface area contributed by atoms with Crippen molar-refractivity contribution >= 4 is 35.6 Å². The predicted molar refractivity (Wildman–Crippen MR) is 109 cm³/mol. The van der Waals surface area contributed by atoms with Crippen molar-refractivity contribution in [1.29, 1.82) is 0 Å². The second-order valence-electron chi connectivity index (χ2n) is 7.54. The minimum atomic E-state index is -1.57. The van der Waals surface area contributed by atoms with Crippen LogP contribution in [0.1, 0.15) is 39.5 Å². The van der Waals surface area contributed by atoms with E-state index in [1.165, 1.54) is 0 Å². The van der Waals surface area contributed by atoms with Crippen molar-refractivity contribution in [3.8, 4) is 0 Å². The van der Waals surface area contributed by atoms with Gasteiger partial charge in [-0.3, -0.25) is 24.0 Å². The van der Waals surface area contributed by atoms with Crippen molar-refractivity contribution in [2.75, 3.05) is 6.61 Å². The number of carbonyl (C=O) groups is 6. The van der Waals surface area contributed by atoms with E-state index in [2.05, 4.69) is 16.0 Å². The van der Waals surface area contributed by atoms with E-state index in [9.17, 15) is 39.0 Å². The van der Waals surface area contributed by atoms with E-state index in [-0.39, 0.29) is 18.8 Å². The molecule has 10 N–H and O–H groups in total. The van der Waals surface area contributed by atoms with Gasteiger partial charge >= 0.3 is 11.9 Å². The zero-order valence-corrected chi connectivity index (χ0v) is 17.9. The van der Waals surface area contributed by atoms with Crippen LogP contribution in [0.3, 0.4) is 0 Å². The summed E-state index contributed by atoms with van der Waals surface area (Å²) in [6.45, 7) is 2.59. The van der Waals surface area contributed by atoms with E-state index in [4.69, 9.17) is 16.6 Å². The molecule has 4 amide bonds. The number of aliphatic hydroxyl groups excluding tert-OH is 1. The fraction of sp³-hybridized carbons (Fsp3) is 0.667. The molecule has 0 saturated heterocycles. The Morgan fingerprint density at radius 3 is 1.78 bits per heavy atom. The Hall–Kier alpha value is -3.26. The molecule has 0 rings (SSSR count). The Morgan fingerprint density at radius 1 is 0.844 bits per heavy atom. The number of carbonyl (C=O) groups excluding carboxylic acids is 4. The van der Waals surface area contributed by atoms with Gasteiger partial charge in [0.25, 0.3) is 0 Å². The first kappa shape index (κ1) is 28.7. The Kier molecular flexibility index (Phi) is 12.5. The van der Waals surface area contributed by atoms with Gasteiger partial charge in [0.15, 0.2) is 0 Å². The number of nitrogens with two attached hydrogens (primary N) is 2. The fourth-order valence-corrected chi connectivity index (χ4v) is 2.56. The third-order valence-electron chi connectivity index (χ3n) is 4.17. The van der Waals surface area contributed by atoms with E-state index in [0.29, 0.717) is 0 Å². The zero-order chi connectivity index (χ0) is 25.0. The van der Waals surface area contributed by atoms with Gasteiger partial charge in [0.05, 0.1) is 19.1 Å². The second-order valence-corrected chi connectivity index (χ2v) is 7.54. The van der Waals surface area contributed by atoms with E-state index in [1.807, 2.05) is 0 Å². The van der Waals surface area contributed by atoms with Gasteiger partial charge in [-0.2, -0.15) is 0 Å². The Labute approximate surface area is 184 Å². The van der Waals surface area contributed by atoms with Gasteiger partial charge in [-0.1, -0.05) is 13.8 Å². The van der Waals surface area contributed by atoms with Crippen molar-refractivity contribution in [2.45, 2.75) is 63.7 Å². The van der Waals surface area contributed by atoms with Crippen molar-refractivity contribution in [2.24, 2.45) is 17.4 Å². The number of primary amides is 1. The van der Waals surface area contributed by atoms with Gasteiger partial charge in [0.2, 0.25) is 23.6 Å². The quantitative estimate of drug-likeness (QED) is 0.120. The van der Waals surface area contributed by atoms with Crippen LogP contribution in [-0.2, 0) is 28.8 Å². The molecule has 182 valence electrons. The number of carboxylic acid groups (broad SMARTS) is 2. The highest BCUT2D eigenvalue weighted by Gasteiger charge is 2.30. The molecule has 0 aliphatic rings. The fourth-order valence-electron chi connectivity index (χ4n) is 2.56. The molecule has 0 bridgehead atoms. The third-order valence-corrected chi connectivity index (χ3v) is 4.17. The highest BCUT2D eigenvalue weighted by Crippen LogP contribution is 2.06. The first-order valence-corrected chi connectivity index (χ1v) is 9.78. The normalized spacial score (nSPS) is 14.5.